The Morgan fingerprint density at radius 1 is 1.21 bits per heavy atom. The second-order valence-corrected chi connectivity index (χ2v) is 8.52. The minimum Gasteiger partial charge on any atom is -0.324 e. The summed E-state index contributed by atoms with van der Waals surface area (Å²) in [5.41, 5.74) is 6.86. The van der Waals surface area contributed by atoms with Crippen LogP contribution in [0, 0.1) is 11.6 Å². The van der Waals surface area contributed by atoms with Gasteiger partial charge in [-0.15, -0.1) is 11.3 Å². The van der Waals surface area contributed by atoms with Crippen molar-refractivity contribution in [3.05, 3.63) is 53.0 Å². The zero-order chi connectivity index (χ0) is 14.2. The fourth-order valence-electron chi connectivity index (χ4n) is 1.69. The maximum atomic E-state index is 13.9. The lowest BCUT2D eigenvalue weighted by Crippen LogP contribution is -2.15. The van der Waals surface area contributed by atoms with Crippen molar-refractivity contribution in [2.24, 2.45) is 5.73 Å². The molecule has 0 amide bonds. The van der Waals surface area contributed by atoms with E-state index in [-0.39, 0.29) is 16.5 Å². The summed E-state index contributed by atoms with van der Waals surface area (Å²) >= 11 is 11.3. The molecule has 0 bridgehead atoms. The molecule has 2 aromatic rings. The predicted octanol–water partition coefficient (Wildman–Crippen LogP) is 5.56. The monoisotopic (exact) mass is 473 g/mol. The average Bonchev–Trinajstić information content (AvgIpc) is 2.69. The molecule has 0 saturated carbocycles. The maximum Gasteiger partial charge on any atom is 0.143 e. The molecule has 19 heavy (non-hydrogen) atoms. The lowest BCUT2D eigenvalue weighted by Gasteiger charge is -2.13. The van der Waals surface area contributed by atoms with Crippen molar-refractivity contribution in [2.75, 3.05) is 0 Å². The highest BCUT2D eigenvalue weighted by atomic mass is 79.9. The second-order valence-electron chi connectivity index (χ2n) is 3.91. The first kappa shape index (κ1) is 15.6. The van der Waals surface area contributed by atoms with Gasteiger partial charge in [0.2, 0.25) is 0 Å². The van der Waals surface area contributed by atoms with Crippen molar-refractivity contribution in [3.8, 4) is 0 Å². The first-order chi connectivity index (χ1) is 8.90. The molecule has 0 spiro atoms. The maximum absolute atomic E-state index is 13.9. The molecule has 1 aromatic carbocycles. The summed E-state index contributed by atoms with van der Waals surface area (Å²) in [6, 6.07) is 3.95. The van der Waals surface area contributed by atoms with E-state index in [4.69, 9.17) is 5.73 Å². The van der Waals surface area contributed by atoms with Gasteiger partial charge in [0.05, 0.1) is 12.0 Å². The summed E-state index contributed by atoms with van der Waals surface area (Å²) in [7, 11) is 0. The van der Waals surface area contributed by atoms with Crippen molar-refractivity contribution < 1.29 is 8.78 Å². The highest BCUT2D eigenvalue weighted by molar-refractivity contribution is 9.12. The number of nitrogens with two attached hydrogens (primary N) is 1. The molecule has 1 unspecified atom stereocenters. The molecular formula is C12H8Br3F2NS. The molecule has 0 radical (unpaired) electrons. The highest BCUT2D eigenvalue weighted by Crippen LogP contribution is 2.36. The first-order valence-electron chi connectivity index (χ1n) is 5.23. The number of rotatable bonds is 3. The SMILES string of the molecule is NC(Cc1c(F)ccc(Br)c1F)c1cc(Br)sc1Br. The summed E-state index contributed by atoms with van der Waals surface area (Å²) in [6.45, 7) is 0. The normalized spacial score (nSPS) is 12.7. The summed E-state index contributed by atoms with van der Waals surface area (Å²) < 4.78 is 29.6. The average molecular weight is 476 g/mol. The van der Waals surface area contributed by atoms with Crippen LogP contribution in [0.2, 0.25) is 0 Å². The molecule has 0 saturated heterocycles. The summed E-state index contributed by atoms with van der Waals surface area (Å²) in [6.07, 6.45) is 0.0961. The van der Waals surface area contributed by atoms with E-state index in [0.29, 0.717) is 0 Å². The molecule has 102 valence electrons. The molecule has 1 heterocycles. The van der Waals surface area contributed by atoms with Crippen molar-refractivity contribution in [2.45, 2.75) is 12.5 Å². The van der Waals surface area contributed by atoms with Gasteiger partial charge >= 0.3 is 0 Å². The van der Waals surface area contributed by atoms with E-state index in [2.05, 4.69) is 47.8 Å². The summed E-state index contributed by atoms with van der Waals surface area (Å²) in [4.78, 5) is 0. The molecule has 2 N–H and O–H groups in total. The van der Waals surface area contributed by atoms with E-state index >= 15 is 0 Å². The van der Waals surface area contributed by atoms with Gasteiger partial charge in [0.1, 0.15) is 11.6 Å². The Kier molecular flexibility index (Phi) is 5.16. The molecule has 1 nitrogen and oxygen atoms in total. The largest absolute Gasteiger partial charge is 0.324 e. The van der Waals surface area contributed by atoms with Crippen LogP contribution in [0.5, 0.6) is 0 Å². The quantitative estimate of drug-likeness (QED) is 0.578. The Morgan fingerprint density at radius 2 is 1.89 bits per heavy atom. The Morgan fingerprint density at radius 3 is 2.47 bits per heavy atom. The van der Waals surface area contributed by atoms with Gasteiger partial charge in [-0.05, 0) is 78.0 Å². The van der Waals surface area contributed by atoms with Crippen molar-refractivity contribution in [1.29, 1.82) is 0 Å². The van der Waals surface area contributed by atoms with Crippen LogP contribution >= 0.6 is 59.1 Å². The fraction of sp³-hybridized carbons (Fsp3) is 0.167. The molecular weight excluding hydrogens is 468 g/mol. The lowest BCUT2D eigenvalue weighted by atomic mass is 10.0. The first-order valence-corrected chi connectivity index (χ1v) is 8.42. The molecule has 1 atom stereocenters. The molecule has 0 fully saturated rings. The van der Waals surface area contributed by atoms with Crippen LogP contribution in [0.15, 0.2) is 30.2 Å². The standard InChI is InChI=1S/C12H8Br3F2NS/c13-7-1-2-8(16)5(11(7)17)3-9(18)6-4-10(14)19-12(6)15/h1-2,4,9H,3,18H2. The number of benzene rings is 1. The molecule has 7 heteroatoms. The Labute approximate surface area is 138 Å². The van der Waals surface area contributed by atoms with Gasteiger partial charge in [-0.1, -0.05) is 0 Å². The van der Waals surface area contributed by atoms with E-state index in [0.717, 1.165) is 13.1 Å². The minimum absolute atomic E-state index is 0.00361. The van der Waals surface area contributed by atoms with Gasteiger partial charge in [0.15, 0.2) is 0 Å². The van der Waals surface area contributed by atoms with Crippen LogP contribution in [0.1, 0.15) is 17.2 Å². The zero-order valence-corrected chi connectivity index (χ0v) is 15.0. The number of hydrogen-bond acceptors (Lipinski definition) is 2. The number of hydrogen-bond donors (Lipinski definition) is 1. The van der Waals surface area contributed by atoms with Crippen LogP contribution < -0.4 is 5.73 Å². The third-order valence-corrected chi connectivity index (χ3v) is 5.64. The third-order valence-electron chi connectivity index (χ3n) is 2.65. The molecule has 1 aromatic heterocycles. The summed E-state index contributed by atoms with van der Waals surface area (Å²) in [5.74, 6) is -1.18. The number of thiophene rings is 1. The van der Waals surface area contributed by atoms with Gasteiger partial charge in [0.25, 0.3) is 0 Å². The van der Waals surface area contributed by atoms with Gasteiger partial charge in [-0.3, -0.25) is 0 Å². The topological polar surface area (TPSA) is 26.0 Å². The van der Waals surface area contributed by atoms with Gasteiger partial charge in [-0.25, -0.2) is 8.78 Å². The van der Waals surface area contributed by atoms with Crippen LogP contribution in [-0.2, 0) is 6.42 Å². The van der Waals surface area contributed by atoms with Crippen molar-refractivity contribution >= 4 is 59.1 Å². The van der Waals surface area contributed by atoms with Crippen LogP contribution in [0.3, 0.4) is 0 Å². The van der Waals surface area contributed by atoms with Gasteiger partial charge in [0, 0.05) is 11.6 Å². The van der Waals surface area contributed by atoms with Crippen molar-refractivity contribution in [3.63, 3.8) is 0 Å². The van der Waals surface area contributed by atoms with Crippen LogP contribution in [0.4, 0.5) is 8.78 Å². The Bertz CT molecular complexity index is 615. The number of halogens is 5. The van der Waals surface area contributed by atoms with E-state index in [1.807, 2.05) is 6.07 Å². The van der Waals surface area contributed by atoms with E-state index < -0.39 is 17.7 Å². The van der Waals surface area contributed by atoms with E-state index in [1.54, 1.807) is 0 Å². The third kappa shape index (κ3) is 3.44. The lowest BCUT2D eigenvalue weighted by molar-refractivity contribution is 0.536. The Hall–Kier alpha value is 0.180. The van der Waals surface area contributed by atoms with E-state index in [1.165, 1.54) is 23.5 Å². The predicted molar refractivity (Wildman–Crippen MR) is 84.4 cm³/mol. The smallest absolute Gasteiger partial charge is 0.143 e. The fourth-order valence-corrected chi connectivity index (χ4v) is 5.06. The molecule has 0 aliphatic carbocycles. The minimum atomic E-state index is -0.596. The van der Waals surface area contributed by atoms with Gasteiger partial charge < -0.3 is 5.73 Å². The molecule has 2 rings (SSSR count). The van der Waals surface area contributed by atoms with E-state index in [9.17, 15) is 8.78 Å². The summed E-state index contributed by atoms with van der Waals surface area (Å²) in [5, 5.41) is 0. The molecule has 0 aliphatic heterocycles. The molecule has 0 aliphatic rings. The van der Waals surface area contributed by atoms with Crippen LogP contribution in [-0.4, -0.2) is 0 Å². The van der Waals surface area contributed by atoms with Crippen LogP contribution in [0.25, 0.3) is 0 Å². The zero-order valence-electron chi connectivity index (χ0n) is 9.39. The highest BCUT2D eigenvalue weighted by Gasteiger charge is 2.19. The van der Waals surface area contributed by atoms with Crippen molar-refractivity contribution in [1.82, 2.24) is 0 Å². The second kappa shape index (κ2) is 6.30. The Balaban J connectivity index is 2.31. The van der Waals surface area contributed by atoms with Gasteiger partial charge in [-0.2, -0.15) is 0 Å².